The van der Waals surface area contributed by atoms with Gasteiger partial charge >= 0.3 is 0 Å². The van der Waals surface area contributed by atoms with Crippen molar-refractivity contribution in [1.29, 1.82) is 0 Å². The van der Waals surface area contributed by atoms with Gasteiger partial charge in [0.2, 0.25) is 0 Å². The predicted molar refractivity (Wildman–Crippen MR) is 115 cm³/mol. The molecule has 5 heteroatoms. The molecule has 0 bridgehead atoms. The normalized spacial score (nSPS) is 24.5. The van der Waals surface area contributed by atoms with E-state index in [1.165, 1.54) is 42.7 Å². The summed E-state index contributed by atoms with van der Waals surface area (Å²) in [6, 6.07) is 8.64. The third-order valence-electron chi connectivity index (χ3n) is 6.68. The minimum Gasteiger partial charge on any atom is -0.469 e. The molecule has 3 aliphatic rings. The lowest BCUT2D eigenvalue weighted by Crippen LogP contribution is -2.17. The zero-order chi connectivity index (χ0) is 19.3. The number of aromatic amines is 1. The molecule has 150 valence electrons. The Labute approximate surface area is 171 Å². The van der Waals surface area contributed by atoms with Crippen LogP contribution in [0.4, 0.5) is 11.5 Å². The second-order valence-corrected chi connectivity index (χ2v) is 10.2. The van der Waals surface area contributed by atoms with E-state index in [2.05, 4.69) is 48.0 Å². The van der Waals surface area contributed by atoms with Crippen LogP contribution < -0.4 is 9.64 Å². The van der Waals surface area contributed by atoms with Crippen molar-refractivity contribution in [3.63, 3.8) is 0 Å². The molecular weight excluding hydrogens is 368 g/mol. The topological polar surface area (TPSA) is 48.5 Å². The number of aliphatic hydroxyl groups is 1. The summed E-state index contributed by atoms with van der Waals surface area (Å²) in [4.78, 5) is 5.83. The van der Waals surface area contributed by atoms with Crippen LogP contribution in [-0.4, -0.2) is 22.1 Å². The SMILES string of the molecule is CC(C)C1Cc2cc(N3COc4cc(SC5CCCCC5)[nH]c43)ccc2C1O. The fourth-order valence-electron chi connectivity index (χ4n) is 4.96. The maximum absolute atomic E-state index is 10.6. The molecule has 1 aromatic carbocycles. The predicted octanol–water partition coefficient (Wildman–Crippen LogP) is 5.79. The highest BCUT2D eigenvalue weighted by Crippen LogP contribution is 2.46. The van der Waals surface area contributed by atoms with Crippen LogP contribution in [-0.2, 0) is 6.42 Å². The number of fused-ring (bicyclic) bond motifs is 2. The number of rotatable bonds is 4. The number of benzene rings is 1. The fourth-order valence-corrected chi connectivity index (χ4v) is 6.22. The van der Waals surface area contributed by atoms with E-state index in [-0.39, 0.29) is 6.10 Å². The van der Waals surface area contributed by atoms with E-state index in [0.29, 0.717) is 18.6 Å². The molecule has 2 atom stereocenters. The molecule has 2 unspecified atom stereocenters. The van der Waals surface area contributed by atoms with Crippen LogP contribution in [0.1, 0.15) is 63.2 Å². The molecule has 1 fully saturated rings. The van der Waals surface area contributed by atoms with Gasteiger partial charge in [0, 0.05) is 17.0 Å². The van der Waals surface area contributed by atoms with Crippen LogP contribution in [0.3, 0.4) is 0 Å². The molecular formula is C23H30N2O2S. The van der Waals surface area contributed by atoms with Gasteiger partial charge in [0.15, 0.2) is 18.3 Å². The van der Waals surface area contributed by atoms with Gasteiger partial charge in [0.05, 0.1) is 11.1 Å². The second kappa shape index (κ2) is 7.34. The minimum atomic E-state index is -0.335. The Morgan fingerprint density at radius 1 is 1.18 bits per heavy atom. The Morgan fingerprint density at radius 2 is 2.00 bits per heavy atom. The summed E-state index contributed by atoms with van der Waals surface area (Å²) in [5.41, 5.74) is 3.52. The van der Waals surface area contributed by atoms with Gasteiger partial charge in [-0.2, -0.15) is 0 Å². The molecule has 5 rings (SSSR count). The molecule has 2 N–H and O–H groups in total. The smallest absolute Gasteiger partial charge is 0.167 e. The van der Waals surface area contributed by atoms with E-state index in [1.807, 2.05) is 11.8 Å². The van der Waals surface area contributed by atoms with Crippen LogP contribution in [0.5, 0.6) is 5.75 Å². The summed E-state index contributed by atoms with van der Waals surface area (Å²) < 4.78 is 5.97. The first-order valence-electron chi connectivity index (χ1n) is 10.7. The molecule has 2 aliphatic carbocycles. The Bertz CT molecular complexity index is 856. The number of ether oxygens (including phenoxy) is 1. The minimum absolute atomic E-state index is 0.319. The molecule has 2 heterocycles. The average molecular weight is 399 g/mol. The number of hydrogen-bond acceptors (Lipinski definition) is 4. The number of nitrogens with one attached hydrogen (secondary N) is 1. The zero-order valence-corrected chi connectivity index (χ0v) is 17.6. The first kappa shape index (κ1) is 18.4. The molecule has 0 spiro atoms. The van der Waals surface area contributed by atoms with Crippen molar-refractivity contribution >= 4 is 23.3 Å². The maximum Gasteiger partial charge on any atom is 0.167 e. The lowest BCUT2D eigenvalue weighted by Gasteiger charge is -2.21. The number of aromatic nitrogens is 1. The lowest BCUT2D eigenvalue weighted by molar-refractivity contribution is 0.0968. The summed E-state index contributed by atoms with van der Waals surface area (Å²) in [7, 11) is 0. The molecule has 1 aromatic heterocycles. The second-order valence-electron chi connectivity index (χ2n) is 8.87. The van der Waals surface area contributed by atoms with Crippen molar-refractivity contribution < 1.29 is 9.84 Å². The maximum atomic E-state index is 10.6. The number of hydrogen-bond donors (Lipinski definition) is 2. The average Bonchev–Trinajstić information content (AvgIpc) is 3.35. The van der Waals surface area contributed by atoms with Crippen LogP contribution in [0.25, 0.3) is 0 Å². The monoisotopic (exact) mass is 398 g/mol. The van der Waals surface area contributed by atoms with E-state index >= 15 is 0 Å². The van der Waals surface area contributed by atoms with Crippen molar-refractivity contribution in [1.82, 2.24) is 4.98 Å². The van der Waals surface area contributed by atoms with Gasteiger partial charge in [-0.15, -0.1) is 11.8 Å². The van der Waals surface area contributed by atoms with Crippen molar-refractivity contribution in [2.75, 3.05) is 11.6 Å². The van der Waals surface area contributed by atoms with Gasteiger partial charge in [-0.1, -0.05) is 39.2 Å². The highest BCUT2D eigenvalue weighted by atomic mass is 32.2. The van der Waals surface area contributed by atoms with Gasteiger partial charge in [-0.3, -0.25) is 4.90 Å². The molecule has 2 aromatic rings. The van der Waals surface area contributed by atoms with Gasteiger partial charge in [-0.25, -0.2) is 0 Å². The number of aliphatic hydroxyl groups excluding tert-OH is 1. The molecule has 1 aliphatic heterocycles. The Kier molecular flexibility index (Phi) is 4.84. The van der Waals surface area contributed by atoms with E-state index < -0.39 is 0 Å². The third kappa shape index (κ3) is 3.22. The number of nitrogens with zero attached hydrogens (tertiary/aromatic N) is 1. The molecule has 4 nitrogen and oxygen atoms in total. The summed E-state index contributed by atoms with van der Waals surface area (Å²) in [5.74, 6) is 2.83. The largest absolute Gasteiger partial charge is 0.469 e. The first-order valence-corrected chi connectivity index (χ1v) is 11.6. The van der Waals surface area contributed by atoms with Gasteiger partial charge < -0.3 is 14.8 Å². The van der Waals surface area contributed by atoms with Gasteiger partial charge in [0.25, 0.3) is 0 Å². The van der Waals surface area contributed by atoms with Crippen molar-refractivity contribution in [3.05, 3.63) is 35.4 Å². The Balaban J connectivity index is 1.36. The van der Waals surface area contributed by atoms with Crippen LogP contribution in [0.15, 0.2) is 29.3 Å². The summed E-state index contributed by atoms with van der Waals surface area (Å²) in [6.07, 6.45) is 7.37. The number of anilines is 2. The van der Waals surface area contributed by atoms with Crippen molar-refractivity contribution in [3.8, 4) is 5.75 Å². The first-order chi connectivity index (χ1) is 13.6. The van der Waals surface area contributed by atoms with E-state index in [0.717, 1.165) is 34.5 Å². The number of H-pyrrole nitrogens is 1. The summed E-state index contributed by atoms with van der Waals surface area (Å²) >= 11 is 1.97. The van der Waals surface area contributed by atoms with E-state index in [1.54, 1.807) is 0 Å². The van der Waals surface area contributed by atoms with E-state index in [9.17, 15) is 5.11 Å². The molecule has 0 amide bonds. The molecule has 1 saturated carbocycles. The number of thioether (sulfide) groups is 1. The molecule has 0 radical (unpaired) electrons. The summed E-state index contributed by atoms with van der Waals surface area (Å²) in [6.45, 7) is 4.95. The highest BCUT2D eigenvalue weighted by Gasteiger charge is 2.34. The third-order valence-corrected chi connectivity index (χ3v) is 7.96. The standard InChI is InChI=1S/C23H30N2O2S/c1-14(2)19-11-15-10-16(8-9-18(15)22(19)26)25-13-27-20-12-21(24-23(20)25)28-17-6-4-3-5-7-17/h8-10,12,14,17,19,22,24,26H,3-7,11,13H2,1-2H3. The van der Waals surface area contributed by atoms with Crippen LogP contribution >= 0.6 is 11.8 Å². The van der Waals surface area contributed by atoms with Crippen LogP contribution in [0.2, 0.25) is 0 Å². The lowest BCUT2D eigenvalue weighted by atomic mass is 9.91. The van der Waals surface area contributed by atoms with Gasteiger partial charge in [-0.05, 0) is 54.4 Å². The zero-order valence-electron chi connectivity index (χ0n) is 16.8. The fraction of sp³-hybridized carbons (Fsp3) is 0.565. The van der Waals surface area contributed by atoms with Crippen LogP contribution in [0, 0.1) is 11.8 Å². The quantitative estimate of drug-likeness (QED) is 0.684. The molecule has 0 saturated heterocycles. The molecule has 28 heavy (non-hydrogen) atoms. The summed E-state index contributed by atoms with van der Waals surface area (Å²) in [5, 5.41) is 12.6. The highest BCUT2D eigenvalue weighted by molar-refractivity contribution is 7.99. The van der Waals surface area contributed by atoms with Crippen molar-refractivity contribution in [2.45, 2.75) is 68.8 Å². The van der Waals surface area contributed by atoms with E-state index in [4.69, 9.17) is 4.74 Å². The Morgan fingerprint density at radius 3 is 2.79 bits per heavy atom. The van der Waals surface area contributed by atoms with Gasteiger partial charge in [0.1, 0.15) is 0 Å². The Hall–Kier alpha value is -1.59. The van der Waals surface area contributed by atoms with Crippen molar-refractivity contribution in [2.24, 2.45) is 11.8 Å².